The first kappa shape index (κ1) is 23.2. The largest absolute Gasteiger partial charge is 0.465 e. The van der Waals surface area contributed by atoms with Crippen LogP contribution < -0.4 is 5.32 Å². The van der Waals surface area contributed by atoms with E-state index in [2.05, 4.69) is 10.1 Å². The summed E-state index contributed by atoms with van der Waals surface area (Å²) in [6.07, 6.45) is 4.62. The van der Waals surface area contributed by atoms with Crippen molar-refractivity contribution in [3.05, 3.63) is 64.7 Å². The fraction of sp³-hybridized carbons (Fsp3) is 0.320. The zero-order chi connectivity index (χ0) is 24.2. The lowest BCUT2D eigenvalue weighted by Crippen LogP contribution is -2.40. The molecule has 1 aliphatic heterocycles. The molecule has 0 unspecified atom stereocenters. The second-order valence-electron chi connectivity index (χ2n) is 8.19. The minimum atomic E-state index is -0.810. The third kappa shape index (κ3) is 4.54. The van der Waals surface area contributed by atoms with Crippen LogP contribution in [0, 0.1) is 0 Å². The van der Waals surface area contributed by atoms with Crippen molar-refractivity contribution in [2.75, 3.05) is 19.0 Å². The minimum absolute atomic E-state index is 0.0631. The van der Waals surface area contributed by atoms with Gasteiger partial charge in [-0.15, -0.1) is 0 Å². The van der Waals surface area contributed by atoms with Crippen LogP contribution in [0.3, 0.4) is 0 Å². The summed E-state index contributed by atoms with van der Waals surface area (Å²) in [5, 5.41) is 2.51. The molecule has 3 amide bonds. The summed E-state index contributed by atoms with van der Waals surface area (Å²) in [5.41, 5.74) is 0.882. The van der Waals surface area contributed by atoms with E-state index >= 15 is 0 Å². The number of ether oxygens (including phenoxy) is 2. The van der Waals surface area contributed by atoms with Crippen molar-refractivity contribution in [3.8, 4) is 0 Å². The summed E-state index contributed by atoms with van der Waals surface area (Å²) in [4.78, 5) is 63.6. The molecule has 0 spiro atoms. The number of nitrogens with one attached hydrogen (secondary N) is 1. The fourth-order valence-electron chi connectivity index (χ4n) is 4.34. The maximum absolute atomic E-state index is 12.9. The summed E-state index contributed by atoms with van der Waals surface area (Å²) in [5.74, 6) is -2.82. The number of imide groups is 1. The molecule has 9 nitrogen and oxygen atoms in total. The summed E-state index contributed by atoms with van der Waals surface area (Å²) in [6.45, 7) is -0.605. The van der Waals surface area contributed by atoms with E-state index in [-0.39, 0.29) is 39.9 Å². The van der Waals surface area contributed by atoms with E-state index < -0.39 is 30.4 Å². The number of hydrogen-bond donors (Lipinski definition) is 1. The Bertz CT molecular complexity index is 1170. The second kappa shape index (κ2) is 9.86. The minimum Gasteiger partial charge on any atom is -0.465 e. The molecule has 0 saturated heterocycles. The van der Waals surface area contributed by atoms with Crippen molar-refractivity contribution in [3.63, 3.8) is 0 Å². The van der Waals surface area contributed by atoms with Gasteiger partial charge in [-0.2, -0.15) is 0 Å². The Morgan fingerprint density at radius 3 is 2.38 bits per heavy atom. The van der Waals surface area contributed by atoms with Crippen LogP contribution in [0.4, 0.5) is 5.69 Å². The molecule has 0 radical (unpaired) electrons. The Labute approximate surface area is 196 Å². The van der Waals surface area contributed by atoms with Gasteiger partial charge in [0.25, 0.3) is 17.7 Å². The molecule has 1 saturated carbocycles. The Hall–Kier alpha value is -4.01. The number of anilines is 1. The molecule has 2 aromatic carbocycles. The number of carbonyl (C=O) groups excluding carboxylic acids is 5. The molecule has 1 heterocycles. The number of esters is 2. The van der Waals surface area contributed by atoms with Crippen molar-refractivity contribution in [2.45, 2.75) is 38.1 Å². The maximum Gasteiger partial charge on any atom is 0.339 e. The molecule has 34 heavy (non-hydrogen) atoms. The fourth-order valence-corrected chi connectivity index (χ4v) is 4.34. The summed E-state index contributed by atoms with van der Waals surface area (Å²) < 4.78 is 9.76. The van der Waals surface area contributed by atoms with Gasteiger partial charge in [0.15, 0.2) is 6.61 Å². The number of benzene rings is 2. The molecule has 2 aliphatic rings. The summed E-state index contributed by atoms with van der Waals surface area (Å²) >= 11 is 0. The van der Waals surface area contributed by atoms with Crippen molar-refractivity contribution in [2.24, 2.45) is 0 Å². The van der Waals surface area contributed by atoms with Crippen molar-refractivity contribution in [1.29, 1.82) is 0 Å². The number of rotatable bonds is 6. The highest BCUT2D eigenvalue weighted by Gasteiger charge is 2.40. The van der Waals surface area contributed by atoms with E-state index in [0.717, 1.165) is 32.1 Å². The average Bonchev–Trinajstić information content (AvgIpc) is 3.12. The van der Waals surface area contributed by atoms with Crippen LogP contribution in [0.2, 0.25) is 0 Å². The van der Waals surface area contributed by atoms with Gasteiger partial charge in [-0.1, -0.05) is 31.4 Å². The van der Waals surface area contributed by atoms with E-state index in [4.69, 9.17) is 4.74 Å². The first-order valence-electron chi connectivity index (χ1n) is 11.1. The van der Waals surface area contributed by atoms with Crippen LogP contribution >= 0.6 is 0 Å². The lowest BCUT2D eigenvalue weighted by Gasteiger charge is -2.29. The number of amides is 3. The van der Waals surface area contributed by atoms with E-state index in [0.29, 0.717) is 0 Å². The molecule has 0 bridgehead atoms. The quantitative estimate of drug-likeness (QED) is 0.515. The molecular formula is C25H24N2O7. The molecule has 0 atom stereocenters. The molecule has 1 aliphatic carbocycles. The summed E-state index contributed by atoms with van der Waals surface area (Å²) in [7, 11) is 1.23. The number of nitrogens with zero attached hydrogens (tertiary/aromatic N) is 1. The van der Waals surface area contributed by atoms with Gasteiger partial charge in [-0.25, -0.2) is 9.59 Å². The van der Waals surface area contributed by atoms with Crippen LogP contribution in [0.5, 0.6) is 0 Å². The Morgan fingerprint density at radius 1 is 0.941 bits per heavy atom. The Balaban J connectivity index is 1.40. The number of hydrogen-bond acceptors (Lipinski definition) is 7. The lowest BCUT2D eigenvalue weighted by atomic mass is 9.94. The first-order valence-corrected chi connectivity index (χ1v) is 11.1. The molecule has 176 valence electrons. The number of methoxy groups -OCH3 is 1. The molecule has 2 aromatic rings. The molecular weight excluding hydrogens is 440 g/mol. The SMILES string of the molecule is COC(=O)c1ccccc1NC(=O)COC(=O)c1ccc2c(c1)C(=O)N(C1CCCCC1)C2=O. The molecule has 1 fully saturated rings. The predicted octanol–water partition coefficient (Wildman–Crippen LogP) is 3.20. The van der Waals surface area contributed by atoms with Gasteiger partial charge in [0.2, 0.25) is 0 Å². The number of carbonyl (C=O) groups is 5. The predicted molar refractivity (Wildman–Crippen MR) is 121 cm³/mol. The highest BCUT2D eigenvalue weighted by molar-refractivity contribution is 6.22. The molecule has 4 rings (SSSR count). The van der Waals surface area contributed by atoms with Crippen LogP contribution in [0.25, 0.3) is 0 Å². The standard InChI is InChI=1S/C25H24N2O7/c1-33-25(32)18-9-5-6-10-20(18)26-21(28)14-34-24(31)15-11-12-17-19(13-15)23(30)27(22(17)29)16-7-3-2-4-8-16/h5-6,9-13,16H,2-4,7-8,14H2,1H3,(H,26,28). The Kier molecular flexibility index (Phi) is 6.72. The smallest absolute Gasteiger partial charge is 0.339 e. The van der Waals surface area contributed by atoms with E-state index in [1.165, 1.54) is 42.3 Å². The van der Waals surface area contributed by atoms with Gasteiger partial charge in [0.05, 0.1) is 35.1 Å². The van der Waals surface area contributed by atoms with Crippen LogP contribution in [-0.2, 0) is 14.3 Å². The van der Waals surface area contributed by atoms with E-state index in [1.54, 1.807) is 12.1 Å². The highest BCUT2D eigenvalue weighted by Crippen LogP contribution is 2.31. The van der Waals surface area contributed by atoms with Crippen molar-refractivity contribution >= 4 is 35.3 Å². The molecule has 9 heteroatoms. The second-order valence-corrected chi connectivity index (χ2v) is 8.19. The number of fused-ring (bicyclic) bond motifs is 1. The van der Waals surface area contributed by atoms with Crippen LogP contribution in [0.1, 0.15) is 73.5 Å². The molecule has 0 aromatic heterocycles. The van der Waals surface area contributed by atoms with Gasteiger partial charge in [-0.05, 0) is 43.2 Å². The third-order valence-electron chi connectivity index (χ3n) is 6.03. The van der Waals surface area contributed by atoms with Crippen molar-refractivity contribution in [1.82, 2.24) is 4.90 Å². The summed E-state index contributed by atoms with van der Waals surface area (Å²) in [6, 6.07) is 10.3. The van der Waals surface area contributed by atoms with Crippen LogP contribution in [-0.4, -0.2) is 54.3 Å². The molecule has 1 N–H and O–H groups in total. The monoisotopic (exact) mass is 464 g/mol. The topological polar surface area (TPSA) is 119 Å². The van der Waals surface area contributed by atoms with Gasteiger partial charge in [0.1, 0.15) is 0 Å². The third-order valence-corrected chi connectivity index (χ3v) is 6.03. The van der Waals surface area contributed by atoms with E-state index in [1.807, 2.05) is 0 Å². The van der Waals surface area contributed by atoms with Gasteiger partial charge in [0, 0.05) is 6.04 Å². The Morgan fingerprint density at radius 2 is 1.65 bits per heavy atom. The number of para-hydroxylation sites is 1. The average molecular weight is 464 g/mol. The zero-order valence-electron chi connectivity index (χ0n) is 18.7. The maximum atomic E-state index is 12.9. The lowest BCUT2D eigenvalue weighted by molar-refractivity contribution is -0.119. The van der Waals surface area contributed by atoms with Gasteiger partial charge < -0.3 is 14.8 Å². The normalized spacial score (nSPS) is 15.6. The highest BCUT2D eigenvalue weighted by atomic mass is 16.5. The van der Waals surface area contributed by atoms with Crippen molar-refractivity contribution < 1.29 is 33.4 Å². The zero-order valence-corrected chi connectivity index (χ0v) is 18.7. The van der Waals surface area contributed by atoms with E-state index in [9.17, 15) is 24.0 Å². The first-order chi connectivity index (χ1) is 16.4. The van der Waals surface area contributed by atoms with Gasteiger partial charge in [-0.3, -0.25) is 19.3 Å². The van der Waals surface area contributed by atoms with Gasteiger partial charge >= 0.3 is 11.9 Å². The van der Waals surface area contributed by atoms with Crippen LogP contribution in [0.15, 0.2) is 42.5 Å².